The molecule has 94 valence electrons. The van der Waals surface area contributed by atoms with E-state index in [9.17, 15) is 14.7 Å². The van der Waals surface area contributed by atoms with Crippen molar-refractivity contribution in [3.05, 3.63) is 10.8 Å². The number of aliphatic hydroxyl groups is 1. The summed E-state index contributed by atoms with van der Waals surface area (Å²) in [5.41, 5.74) is 5.47. The van der Waals surface area contributed by atoms with E-state index < -0.39 is 18.2 Å². The van der Waals surface area contributed by atoms with Crippen molar-refractivity contribution in [1.29, 1.82) is 0 Å². The number of carbonyl (C=O) groups is 2. The average Bonchev–Trinajstić information content (AvgIpc) is 2.50. The van der Waals surface area contributed by atoms with E-state index >= 15 is 0 Å². The minimum absolute atomic E-state index is 0.0168. The molecule has 2 aliphatic heterocycles. The van der Waals surface area contributed by atoms with E-state index in [1.807, 2.05) is 0 Å². The molecule has 0 saturated carbocycles. The number of β-lactam (4-membered cyclic amide) rings is 1. The number of ether oxygens (including phenoxy) is 1. The van der Waals surface area contributed by atoms with E-state index in [0.717, 1.165) is 0 Å². The SMILES string of the molecule is C[C@@H](O)[C@H]1C(=O)N2C(OC(=O)O)=C(CN)S[C@H]12. The Labute approximate surface area is 101 Å². The van der Waals surface area contributed by atoms with Gasteiger partial charge in [-0.2, -0.15) is 0 Å². The van der Waals surface area contributed by atoms with Crippen LogP contribution in [0.2, 0.25) is 0 Å². The van der Waals surface area contributed by atoms with Crippen LogP contribution in [0.5, 0.6) is 0 Å². The summed E-state index contributed by atoms with van der Waals surface area (Å²) in [4.78, 5) is 24.0. The molecule has 0 aromatic heterocycles. The van der Waals surface area contributed by atoms with E-state index in [4.69, 9.17) is 10.8 Å². The fourth-order valence-corrected chi connectivity index (χ4v) is 3.35. The molecule has 1 amide bonds. The minimum Gasteiger partial charge on any atom is -0.449 e. The van der Waals surface area contributed by atoms with Crippen LogP contribution >= 0.6 is 11.8 Å². The van der Waals surface area contributed by atoms with E-state index in [-0.39, 0.29) is 23.7 Å². The Kier molecular flexibility index (Phi) is 3.02. The highest BCUT2D eigenvalue weighted by Gasteiger charge is 2.57. The molecule has 2 aliphatic rings. The Hall–Kier alpha value is -1.25. The maximum absolute atomic E-state index is 11.7. The number of hydrogen-bond acceptors (Lipinski definition) is 6. The third kappa shape index (κ3) is 1.78. The van der Waals surface area contributed by atoms with Crippen LogP contribution < -0.4 is 5.73 Å². The zero-order valence-electron chi connectivity index (χ0n) is 8.99. The second kappa shape index (κ2) is 4.21. The summed E-state index contributed by atoms with van der Waals surface area (Å²) in [6, 6.07) is 0. The molecule has 3 atom stereocenters. The molecule has 0 aromatic carbocycles. The van der Waals surface area contributed by atoms with Crippen molar-refractivity contribution in [2.45, 2.75) is 18.4 Å². The number of fused-ring (bicyclic) bond motifs is 1. The molecule has 0 unspecified atom stereocenters. The molecule has 8 heteroatoms. The first-order valence-corrected chi connectivity index (χ1v) is 5.87. The van der Waals surface area contributed by atoms with Gasteiger partial charge in [0.05, 0.1) is 16.9 Å². The van der Waals surface area contributed by atoms with Crippen LogP contribution in [-0.2, 0) is 9.53 Å². The zero-order chi connectivity index (χ0) is 12.7. The molecule has 2 rings (SSSR count). The minimum atomic E-state index is -1.49. The van der Waals surface area contributed by atoms with Gasteiger partial charge in [0, 0.05) is 6.54 Å². The number of rotatable bonds is 3. The second-order valence-corrected chi connectivity index (χ2v) is 4.99. The van der Waals surface area contributed by atoms with Crippen LogP contribution in [0.15, 0.2) is 10.8 Å². The molecule has 1 fully saturated rings. The molecule has 2 heterocycles. The highest BCUT2D eigenvalue weighted by Crippen LogP contribution is 2.50. The van der Waals surface area contributed by atoms with Crippen LogP contribution in [-0.4, -0.2) is 45.2 Å². The molecular weight excluding hydrogens is 248 g/mol. The molecule has 0 bridgehead atoms. The third-order valence-electron chi connectivity index (χ3n) is 2.69. The lowest BCUT2D eigenvalue weighted by Crippen LogP contribution is -2.60. The van der Waals surface area contributed by atoms with E-state index in [2.05, 4.69) is 4.74 Å². The van der Waals surface area contributed by atoms with Crippen LogP contribution in [0.3, 0.4) is 0 Å². The van der Waals surface area contributed by atoms with Gasteiger partial charge in [-0.3, -0.25) is 9.69 Å². The van der Waals surface area contributed by atoms with Crippen LogP contribution in [0.4, 0.5) is 4.79 Å². The first kappa shape index (κ1) is 12.2. The van der Waals surface area contributed by atoms with Gasteiger partial charge in [0.2, 0.25) is 11.8 Å². The van der Waals surface area contributed by atoms with Gasteiger partial charge in [0.15, 0.2) is 0 Å². The summed E-state index contributed by atoms with van der Waals surface area (Å²) in [7, 11) is 0. The first-order chi connectivity index (χ1) is 7.97. The summed E-state index contributed by atoms with van der Waals surface area (Å²) in [5.74, 6) is -0.884. The molecule has 0 aliphatic carbocycles. The Morgan fingerprint density at radius 3 is 2.82 bits per heavy atom. The zero-order valence-corrected chi connectivity index (χ0v) is 9.81. The smallest absolute Gasteiger partial charge is 0.449 e. The van der Waals surface area contributed by atoms with Crippen molar-refractivity contribution in [3.63, 3.8) is 0 Å². The average molecular weight is 260 g/mol. The number of amides is 1. The normalized spacial score (nSPS) is 28.9. The standard InChI is InChI=1S/C9H12N2O5S/c1-3(12)5-6(13)11-7(16-9(14)15)4(2-10)17-8(5)11/h3,5,8,12H,2,10H2,1H3,(H,14,15)/t3-,5+,8-/m1/s1. The van der Waals surface area contributed by atoms with Gasteiger partial charge < -0.3 is 20.7 Å². The number of nitrogens with two attached hydrogens (primary N) is 1. The van der Waals surface area contributed by atoms with Crippen molar-refractivity contribution >= 4 is 23.8 Å². The molecule has 0 radical (unpaired) electrons. The van der Waals surface area contributed by atoms with Crippen molar-refractivity contribution in [2.75, 3.05) is 6.54 Å². The van der Waals surface area contributed by atoms with Crippen molar-refractivity contribution < 1.29 is 24.5 Å². The number of carbonyl (C=O) groups excluding carboxylic acids is 1. The largest absolute Gasteiger partial charge is 0.512 e. The second-order valence-electron chi connectivity index (χ2n) is 3.78. The van der Waals surface area contributed by atoms with Crippen molar-refractivity contribution in [2.24, 2.45) is 11.7 Å². The predicted molar refractivity (Wildman–Crippen MR) is 58.6 cm³/mol. The molecule has 0 spiro atoms. The fraction of sp³-hybridized carbons (Fsp3) is 0.556. The van der Waals surface area contributed by atoms with Gasteiger partial charge in [-0.25, -0.2) is 4.79 Å². The maximum atomic E-state index is 11.7. The Bertz CT molecular complexity index is 408. The van der Waals surface area contributed by atoms with Gasteiger partial charge in [0.25, 0.3) is 0 Å². The number of nitrogens with zero attached hydrogens (tertiary/aromatic N) is 1. The summed E-state index contributed by atoms with van der Waals surface area (Å²) in [6.45, 7) is 1.62. The highest BCUT2D eigenvalue weighted by molar-refractivity contribution is 8.04. The molecule has 4 N–H and O–H groups in total. The topological polar surface area (TPSA) is 113 Å². The number of thioether (sulfide) groups is 1. The lowest BCUT2D eigenvalue weighted by Gasteiger charge is -2.43. The summed E-state index contributed by atoms with van der Waals surface area (Å²) < 4.78 is 4.57. The van der Waals surface area contributed by atoms with Crippen LogP contribution in [0, 0.1) is 5.92 Å². The molecule has 0 aromatic rings. The first-order valence-electron chi connectivity index (χ1n) is 4.99. The van der Waals surface area contributed by atoms with Gasteiger partial charge in [-0.1, -0.05) is 11.8 Å². The number of carboxylic acid groups (broad SMARTS) is 1. The predicted octanol–water partition coefficient (Wildman–Crippen LogP) is -0.279. The lowest BCUT2D eigenvalue weighted by atomic mass is 9.93. The van der Waals surface area contributed by atoms with E-state index in [1.54, 1.807) is 0 Å². The molecule has 1 saturated heterocycles. The van der Waals surface area contributed by atoms with Gasteiger partial charge in [-0.05, 0) is 6.92 Å². The molecular formula is C9H12N2O5S. The monoisotopic (exact) mass is 260 g/mol. The third-order valence-corrected chi connectivity index (χ3v) is 4.07. The van der Waals surface area contributed by atoms with Gasteiger partial charge in [0.1, 0.15) is 5.37 Å². The van der Waals surface area contributed by atoms with Gasteiger partial charge >= 0.3 is 6.16 Å². The van der Waals surface area contributed by atoms with E-state index in [1.165, 1.54) is 23.6 Å². The molecule has 17 heavy (non-hydrogen) atoms. The van der Waals surface area contributed by atoms with E-state index in [0.29, 0.717) is 4.91 Å². The quantitative estimate of drug-likeness (QED) is 0.472. The summed E-state index contributed by atoms with van der Waals surface area (Å²) in [5, 5.41) is 17.7. The van der Waals surface area contributed by atoms with Crippen LogP contribution in [0.1, 0.15) is 6.92 Å². The molecule has 7 nitrogen and oxygen atoms in total. The fourth-order valence-electron chi connectivity index (χ4n) is 1.93. The lowest BCUT2D eigenvalue weighted by molar-refractivity contribution is -0.155. The Balaban J connectivity index is 2.21. The summed E-state index contributed by atoms with van der Waals surface area (Å²) >= 11 is 1.26. The van der Waals surface area contributed by atoms with Crippen LogP contribution in [0.25, 0.3) is 0 Å². The summed E-state index contributed by atoms with van der Waals surface area (Å²) in [6.07, 6.45) is -2.26. The number of aliphatic hydroxyl groups excluding tert-OH is 1. The Morgan fingerprint density at radius 2 is 2.35 bits per heavy atom. The van der Waals surface area contributed by atoms with Crippen molar-refractivity contribution in [1.82, 2.24) is 4.90 Å². The van der Waals surface area contributed by atoms with Gasteiger partial charge in [-0.15, -0.1) is 0 Å². The van der Waals surface area contributed by atoms with Crippen molar-refractivity contribution in [3.8, 4) is 0 Å². The Morgan fingerprint density at radius 1 is 1.71 bits per heavy atom. The number of hydrogen-bond donors (Lipinski definition) is 3. The maximum Gasteiger partial charge on any atom is 0.512 e. The highest BCUT2D eigenvalue weighted by atomic mass is 32.2.